The van der Waals surface area contributed by atoms with Gasteiger partial charge in [-0.3, -0.25) is 9.69 Å². The molecule has 2 atom stereocenters. The largest absolute Gasteiger partial charge is 0.573 e. The molecule has 2 saturated heterocycles. The summed E-state index contributed by atoms with van der Waals surface area (Å²) in [5, 5.41) is 14.7. The summed E-state index contributed by atoms with van der Waals surface area (Å²) >= 11 is 0. The van der Waals surface area contributed by atoms with E-state index in [1.54, 1.807) is 17.7 Å². The quantitative estimate of drug-likeness (QED) is 0.683. The Balaban J connectivity index is 1.37. The monoisotopic (exact) mass is 492 g/mol. The Bertz CT molecular complexity index is 1090. The molecule has 5 rings (SSSR count). The van der Waals surface area contributed by atoms with Gasteiger partial charge in [-0.15, -0.1) is 13.2 Å². The molecule has 190 valence electrons. The first-order valence-corrected chi connectivity index (χ1v) is 12.3. The number of alkyl halides is 3. The molecule has 0 radical (unpaired) electrons. The van der Waals surface area contributed by atoms with E-state index in [2.05, 4.69) is 21.7 Å². The van der Waals surface area contributed by atoms with Crippen molar-refractivity contribution in [3.05, 3.63) is 41.2 Å². The minimum absolute atomic E-state index is 0.0636. The third kappa shape index (κ3) is 4.91. The molecular weight excluding hydrogens is 461 g/mol. The van der Waals surface area contributed by atoms with E-state index in [0.717, 1.165) is 44.3 Å². The molecule has 0 unspecified atom stereocenters. The SMILES string of the molecule is Cc1nn(-c2cccc(OC(F)(F)F)c2)c(C2CC2)c1C(=O)N1CCC(N2CC[C@H](O)[C@@H]2C)CC1. The fourth-order valence-electron chi connectivity index (χ4n) is 5.57. The average molecular weight is 493 g/mol. The van der Waals surface area contributed by atoms with E-state index in [-0.39, 0.29) is 29.7 Å². The third-order valence-corrected chi connectivity index (χ3v) is 7.55. The number of halogens is 3. The van der Waals surface area contributed by atoms with Gasteiger partial charge in [0.25, 0.3) is 5.91 Å². The second kappa shape index (κ2) is 9.13. The molecule has 2 aliphatic heterocycles. The van der Waals surface area contributed by atoms with Crippen molar-refractivity contribution in [1.82, 2.24) is 19.6 Å². The van der Waals surface area contributed by atoms with E-state index in [1.165, 1.54) is 18.2 Å². The second-order valence-corrected chi connectivity index (χ2v) is 9.93. The van der Waals surface area contributed by atoms with Crippen LogP contribution in [0, 0.1) is 6.92 Å². The van der Waals surface area contributed by atoms with Crippen LogP contribution in [0.15, 0.2) is 24.3 Å². The maximum Gasteiger partial charge on any atom is 0.573 e. The number of rotatable bonds is 5. The number of hydrogen-bond acceptors (Lipinski definition) is 5. The van der Waals surface area contributed by atoms with Crippen molar-refractivity contribution < 1.29 is 27.8 Å². The fourth-order valence-corrected chi connectivity index (χ4v) is 5.57. The van der Waals surface area contributed by atoms with Crippen LogP contribution < -0.4 is 4.74 Å². The van der Waals surface area contributed by atoms with Gasteiger partial charge in [0.15, 0.2) is 0 Å². The van der Waals surface area contributed by atoms with Crippen molar-refractivity contribution in [2.45, 2.75) is 76.4 Å². The van der Waals surface area contributed by atoms with Crippen molar-refractivity contribution >= 4 is 5.91 Å². The number of aliphatic hydroxyl groups is 1. The standard InChI is InChI=1S/C25H31F3N4O3/c1-15-22(24(34)30-11-8-18(9-12-30)31-13-10-21(33)16(31)2)23(17-6-7-17)32(29-15)19-4-3-5-20(14-19)35-25(26,27)28/h3-5,14,16-18,21,33H,6-13H2,1-2H3/t16-,21-/m0/s1. The first-order chi connectivity index (χ1) is 16.6. The van der Waals surface area contributed by atoms with Crippen molar-refractivity contribution in [2.24, 2.45) is 0 Å². The number of nitrogens with zero attached hydrogens (tertiary/aromatic N) is 4. The van der Waals surface area contributed by atoms with Crippen molar-refractivity contribution in [3.8, 4) is 11.4 Å². The molecule has 0 spiro atoms. The van der Waals surface area contributed by atoms with Gasteiger partial charge in [0.1, 0.15) is 5.75 Å². The van der Waals surface area contributed by atoms with Crippen LogP contribution in [0.25, 0.3) is 5.69 Å². The lowest BCUT2D eigenvalue weighted by molar-refractivity contribution is -0.274. The molecule has 0 bridgehead atoms. The van der Waals surface area contributed by atoms with Crippen molar-refractivity contribution in [1.29, 1.82) is 0 Å². The molecule has 3 heterocycles. The Kier molecular flexibility index (Phi) is 6.29. The van der Waals surface area contributed by atoms with Gasteiger partial charge in [-0.05, 0) is 58.1 Å². The van der Waals surface area contributed by atoms with Crippen molar-refractivity contribution in [3.63, 3.8) is 0 Å². The van der Waals surface area contributed by atoms with E-state index in [4.69, 9.17) is 0 Å². The van der Waals surface area contributed by atoms with Gasteiger partial charge in [-0.2, -0.15) is 5.10 Å². The molecule has 1 aromatic carbocycles. The average Bonchev–Trinajstić information content (AvgIpc) is 3.52. The Labute approximate surface area is 202 Å². The number of amides is 1. The van der Waals surface area contributed by atoms with E-state index >= 15 is 0 Å². The molecule has 1 amide bonds. The van der Waals surface area contributed by atoms with Gasteiger partial charge in [-0.1, -0.05) is 6.07 Å². The molecular formula is C25H31F3N4O3. The van der Waals surface area contributed by atoms with Gasteiger partial charge in [-0.25, -0.2) is 4.68 Å². The number of aryl methyl sites for hydroxylation is 1. The molecule has 1 N–H and O–H groups in total. The third-order valence-electron chi connectivity index (χ3n) is 7.55. The molecule has 1 aliphatic carbocycles. The Hall–Kier alpha value is -2.59. The van der Waals surface area contributed by atoms with Crippen LogP contribution >= 0.6 is 0 Å². The van der Waals surface area contributed by atoms with E-state index in [1.807, 2.05) is 4.90 Å². The smallest absolute Gasteiger partial charge is 0.406 e. The summed E-state index contributed by atoms with van der Waals surface area (Å²) in [6.07, 6.45) is -0.737. The van der Waals surface area contributed by atoms with Crippen LogP contribution in [-0.4, -0.2) is 74.8 Å². The highest BCUT2D eigenvalue weighted by Gasteiger charge is 2.39. The van der Waals surface area contributed by atoms with E-state index in [9.17, 15) is 23.1 Å². The summed E-state index contributed by atoms with van der Waals surface area (Å²) in [6, 6.07) is 6.22. The molecule has 3 fully saturated rings. The van der Waals surface area contributed by atoms with Gasteiger partial charge in [0.05, 0.1) is 28.7 Å². The highest BCUT2D eigenvalue weighted by atomic mass is 19.4. The highest BCUT2D eigenvalue weighted by Crippen LogP contribution is 2.44. The number of piperidine rings is 1. The maximum absolute atomic E-state index is 13.7. The summed E-state index contributed by atoms with van der Waals surface area (Å²) in [7, 11) is 0. The zero-order chi connectivity index (χ0) is 24.9. The van der Waals surface area contributed by atoms with Crippen LogP contribution in [0.3, 0.4) is 0 Å². The highest BCUT2D eigenvalue weighted by molar-refractivity contribution is 5.97. The number of carbonyl (C=O) groups is 1. The first-order valence-electron chi connectivity index (χ1n) is 12.3. The maximum atomic E-state index is 13.7. The molecule has 1 aromatic heterocycles. The van der Waals surface area contributed by atoms with E-state index < -0.39 is 6.36 Å². The van der Waals surface area contributed by atoms with Crippen LogP contribution in [0.2, 0.25) is 0 Å². The number of ether oxygens (including phenoxy) is 1. The zero-order valence-corrected chi connectivity index (χ0v) is 20.0. The number of aliphatic hydroxyl groups excluding tert-OH is 1. The number of likely N-dealkylation sites (tertiary alicyclic amines) is 2. The summed E-state index contributed by atoms with van der Waals surface area (Å²) in [5.74, 6) is -0.223. The van der Waals surface area contributed by atoms with Gasteiger partial charge < -0.3 is 14.7 Å². The first kappa shape index (κ1) is 24.1. The number of hydrogen-bond donors (Lipinski definition) is 1. The van der Waals surface area contributed by atoms with Gasteiger partial charge in [0.2, 0.25) is 0 Å². The Morgan fingerprint density at radius 1 is 1.11 bits per heavy atom. The normalized spacial score (nSPS) is 24.2. The van der Waals surface area contributed by atoms with Crippen LogP contribution in [0.4, 0.5) is 13.2 Å². The number of aromatic nitrogens is 2. The molecule has 1 saturated carbocycles. The Morgan fingerprint density at radius 2 is 1.83 bits per heavy atom. The van der Waals surface area contributed by atoms with Gasteiger partial charge >= 0.3 is 6.36 Å². The molecule has 3 aliphatic rings. The topological polar surface area (TPSA) is 70.8 Å². The van der Waals surface area contributed by atoms with Crippen LogP contribution in [-0.2, 0) is 0 Å². The predicted octanol–water partition coefficient (Wildman–Crippen LogP) is 4.02. The summed E-state index contributed by atoms with van der Waals surface area (Å²) in [4.78, 5) is 17.9. The second-order valence-electron chi connectivity index (χ2n) is 9.93. The van der Waals surface area contributed by atoms with E-state index in [0.29, 0.717) is 36.1 Å². The number of benzene rings is 1. The lowest BCUT2D eigenvalue weighted by atomic mass is 10.0. The lowest BCUT2D eigenvalue weighted by Crippen LogP contribution is -2.48. The van der Waals surface area contributed by atoms with Crippen LogP contribution in [0.1, 0.15) is 66.7 Å². The predicted molar refractivity (Wildman–Crippen MR) is 123 cm³/mol. The summed E-state index contributed by atoms with van der Waals surface area (Å²) in [5.41, 5.74) is 2.36. The molecule has 7 nitrogen and oxygen atoms in total. The minimum Gasteiger partial charge on any atom is -0.406 e. The minimum atomic E-state index is -4.78. The lowest BCUT2D eigenvalue weighted by Gasteiger charge is -2.39. The fraction of sp³-hybridized carbons (Fsp3) is 0.600. The van der Waals surface area contributed by atoms with Crippen molar-refractivity contribution in [2.75, 3.05) is 19.6 Å². The molecule has 10 heteroatoms. The zero-order valence-electron chi connectivity index (χ0n) is 20.0. The summed E-state index contributed by atoms with van der Waals surface area (Å²) in [6.45, 7) is 5.99. The summed E-state index contributed by atoms with van der Waals surface area (Å²) < 4.78 is 43.9. The Morgan fingerprint density at radius 3 is 2.43 bits per heavy atom. The van der Waals surface area contributed by atoms with Crippen LogP contribution in [0.5, 0.6) is 5.75 Å². The number of carbonyl (C=O) groups excluding carboxylic acids is 1. The molecule has 35 heavy (non-hydrogen) atoms. The van der Waals surface area contributed by atoms with Gasteiger partial charge in [0, 0.05) is 43.7 Å². The molecule has 2 aromatic rings.